The Bertz CT molecular complexity index is 440. The van der Waals surface area contributed by atoms with Gasteiger partial charge in [0, 0.05) is 0 Å². The Hall–Kier alpha value is -0.900. The lowest BCUT2D eigenvalue weighted by molar-refractivity contribution is -0.328. The summed E-state index contributed by atoms with van der Waals surface area (Å²) in [6.45, 7) is 4.96. The summed E-state index contributed by atoms with van der Waals surface area (Å²) in [5.41, 5.74) is 1.59. The van der Waals surface area contributed by atoms with Gasteiger partial charge in [0.2, 0.25) is 0 Å². The monoisotopic (exact) mass is 232 g/mol. The molecule has 1 aromatic rings. The van der Waals surface area contributed by atoms with Gasteiger partial charge in [-0.1, -0.05) is 24.3 Å². The van der Waals surface area contributed by atoms with Crippen LogP contribution in [-0.4, -0.2) is 23.8 Å². The second-order valence-corrected chi connectivity index (χ2v) is 5.79. The minimum atomic E-state index is -0.446. The Morgan fingerprint density at radius 1 is 1.24 bits per heavy atom. The van der Waals surface area contributed by atoms with Crippen LogP contribution in [0.25, 0.3) is 0 Å². The first-order chi connectivity index (χ1) is 8.06. The molecule has 1 heterocycles. The molecular weight excluding hydrogens is 214 g/mol. The van der Waals surface area contributed by atoms with Crippen LogP contribution in [0.15, 0.2) is 24.3 Å². The zero-order valence-electron chi connectivity index (χ0n) is 10.4. The highest BCUT2D eigenvalue weighted by atomic mass is 16.5. The van der Waals surface area contributed by atoms with Crippen molar-refractivity contribution in [3.63, 3.8) is 0 Å². The second-order valence-electron chi connectivity index (χ2n) is 5.79. The highest BCUT2D eigenvalue weighted by Gasteiger charge is 2.52. The van der Waals surface area contributed by atoms with Crippen molar-refractivity contribution in [3.8, 4) is 0 Å². The van der Waals surface area contributed by atoms with Gasteiger partial charge in [-0.15, -0.1) is 10.3 Å². The van der Waals surface area contributed by atoms with Crippen LogP contribution < -0.4 is 0 Å². The van der Waals surface area contributed by atoms with Crippen LogP contribution in [0.5, 0.6) is 0 Å². The number of hydroxylamine groups is 2. The molecule has 1 spiro atoms. The van der Waals surface area contributed by atoms with Gasteiger partial charge in [0.25, 0.3) is 0 Å². The van der Waals surface area contributed by atoms with Gasteiger partial charge in [-0.25, -0.2) is 0 Å². The quantitative estimate of drug-likeness (QED) is 0.687. The van der Waals surface area contributed by atoms with E-state index in [0.29, 0.717) is 13.2 Å². The smallest absolute Gasteiger partial charge is 0.0987 e. The molecule has 1 fully saturated rings. The second kappa shape index (κ2) is 3.55. The number of ether oxygens (including phenoxy) is 1. The van der Waals surface area contributed by atoms with Crippen LogP contribution in [-0.2, 0) is 21.9 Å². The van der Waals surface area contributed by atoms with Crippen molar-refractivity contribution >= 4 is 0 Å². The number of rotatable bonds is 0. The molecule has 1 radical (unpaired) electrons. The molecule has 1 aromatic carbocycles. The standard InChI is InChI=1S/C14H18NO2/c1-13(2)9-17-10-14(15(13)16)8-7-11-5-3-4-6-12(11)14/h3-6H,7-10H2,1-2H3. The Labute approximate surface area is 102 Å². The van der Waals surface area contributed by atoms with Crippen molar-refractivity contribution in [3.05, 3.63) is 35.4 Å². The molecule has 1 saturated heterocycles. The summed E-state index contributed by atoms with van der Waals surface area (Å²) in [5, 5.41) is 14.0. The molecule has 17 heavy (non-hydrogen) atoms. The van der Waals surface area contributed by atoms with Gasteiger partial charge >= 0.3 is 0 Å². The number of aryl methyl sites for hydroxylation is 1. The van der Waals surface area contributed by atoms with Crippen molar-refractivity contribution in [2.24, 2.45) is 0 Å². The maximum absolute atomic E-state index is 12.7. The number of nitrogens with zero attached hydrogens (tertiary/aromatic N) is 1. The lowest BCUT2D eigenvalue weighted by atomic mass is 9.86. The summed E-state index contributed by atoms with van der Waals surface area (Å²) < 4.78 is 5.71. The van der Waals surface area contributed by atoms with E-state index in [4.69, 9.17) is 4.74 Å². The van der Waals surface area contributed by atoms with Gasteiger partial charge in [0.05, 0.1) is 24.3 Å². The average molecular weight is 232 g/mol. The Morgan fingerprint density at radius 2 is 2.00 bits per heavy atom. The number of hydrogen-bond acceptors (Lipinski definition) is 2. The normalized spacial score (nSPS) is 31.7. The van der Waals surface area contributed by atoms with E-state index in [1.807, 2.05) is 26.0 Å². The van der Waals surface area contributed by atoms with Gasteiger partial charge in [-0.3, -0.25) is 0 Å². The van der Waals surface area contributed by atoms with Crippen LogP contribution in [0.2, 0.25) is 0 Å². The van der Waals surface area contributed by atoms with E-state index in [9.17, 15) is 5.21 Å². The topological polar surface area (TPSA) is 32.4 Å². The zero-order valence-corrected chi connectivity index (χ0v) is 10.4. The average Bonchev–Trinajstić information content (AvgIpc) is 2.67. The van der Waals surface area contributed by atoms with Crippen LogP contribution in [0, 0.1) is 0 Å². The number of hydrogen-bond donors (Lipinski definition) is 0. The molecule has 3 heteroatoms. The van der Waals surface area contributed by atoms with Crippen molar-refractivity contribution in [1.82, 2.24) is 5.06 Å². The van der Waals surface area contributed by atoms with Crippen molar-refractivity contribution in [1.29, 1.82) is 0 Å². The van der Waals surface area contributed by atoms with Gasteiger partial charge in [0.15, 0.2) is 0 Å². The summed E-state index contributed by atoms with van der Waals surface area (Å²) in [6.07, 6.45) is 1.85. The van der Waals surface area contributed by atoms with E-state index in [0.717, 1.165) is 12.8 Å². The fourth-order valence-corrected chi connectivity index (χ4v) is 3.20. The van der Waals surface area contributed by atoms with Crippen LogP contribution in [0.1, 0.15) is 31.4 Å². The van der Waals surface area contributed by atoms with Crippen molar-refractivity contribution in [2.75, 3.05) is 13.2 Å². The molecule has 3 rings (SSSR count). The SMILES string of the molecule is CC1(C)COCC2(CCc3ccccc32)N1[O]. The molecule has 0 bridgehead atoms. The molecular formula is C14H18NO2. The van der Waals surface area contributed by atoms with Gasteiger partial charge in [0.1, 0.15) is 0 Å². The summed E-state index contributed by atoms with van der Waals surface area (Å²) in [6, 6.07) is 8.26. The van der Waals surface area contributed by atoms with E-state index in [1.165, 1.54) is 16.2 Å². The molecule has 1 atom stereocenters. The van der Waals surface area contributed by atoms with Crippen molar-refractivity contribution in [2.45, 2.75) is 37.8 Å². The summed E-state index contributed by atoms with van der Waals surface area (Å²) >= 11 is 0. The molecule has 3 nitrogen and oxygen atoms in total. The highest BCUT2D eigenvalue weighted by Crippen LogP contribution is 2.46. The Morgan fingerprint density at radius 3 is 2.82 bits per heavy atom. The minimum Gasteiger partial charge on any atom is -0.377 e. The van der Waals surface area contributed by atoms with Crippen LogP contribution in [0.4, 0.5) is 0 Å². The van der Waals surface area contributed by atoms with Gasteiger partial charge < -0.3 is 4.74 Å². The lowest BCUT2D eigenvalue weighted by Gasteiger charge is -2.48. The third kappa shape index (κ3) is 1.46. The fourth-order valence-electron chi connectivity index (χ4n) is 3.20. The lowest BCUT2D eigenvalue weighted by Crippen LogP contribution is -2.61. The molecule has 1 aliphatic carbocycles. The zero-order chi connectivity index (χ0) is 12.1. The summed E-state index contributed by atoms with van der Waals surface area (Å²) in [7, 11) is 0. The van der Waals surface area contributed by atoms with Gasteiger partial charge in [-0.2, -0.15) is 0 Å². The molecule has 1 aliphatic heterocycles. The molecule has 0 saturated carbocycles. The van der Waals surface area contributed by atoms with E-state index in [-0.39, 0.29) is 0 Å². The first-order valence-electron chi connectivity index (χ1n) is 6.20. The van der Waals surface area contributed by atoms with Gasteiger partial charge in [-0.05, 0) is 37.8 Å². The summed E-state index contributed by atoms with van der Waals surface area (Å²) in [5.74, 6) is 0. The van der Waals surface area contributed by atoms with E-state index >= 15 is 0 Å². The molecule has 0 aromatic heterocycles. The summed E-state index contributed by atoms with van der Waals surface area (Å²) in [4.78, 5) is 0. The van der Waals surface area contributed by atoms with E-state index < -0.39 is 11.1 Å². The highest BCUT2D eigenvalue weighted by molar-refractivity contribution is 5.39. The maximum Gasteiger partial charge on any atom is 0.0987 e. The first kappa shape index (κ1) is 11.2. The fraction of sp³-hybridized carbons (Fsp3) is 0.571. The Kier molecular flexibility index (Phi) is 2.34. The van der Waals surface area contributed by atoms with Crippen LogP contribution in [0.3, 0.4) is 0 Å². The molecule has 0 N–H and O–H groups in total. The number of morpholine rings is 1. The molecule has 0 amide bonds. The third-order valence-electron chi connectivity index (χ3n) is 4.06. The molecule has 91 valence electrons. The third-order valence-corrected chi connectivity index (χ3v) is 4.06. The van der Waals surface area contributed by atoms with Crippen molar-refractivity contribution < 1.29 is 9.94 Å². The number of fused-ring (bicyclic) bond motifs is 2. The first-order valence-corrected chi connectivity index (χ1v) is 6.20. The maximum atomic E-state index is 12.7. The van der Waals surface area contributed by atoms with Crippen LogP contribution >= 0.6 is 0 Å². The van der Waals surface area contributed by atoms with E-state index in [1.54, 1.807) is 0 Å². The predicted octanol–water partition coefficient (Wildman–Crippen LogP) is 2.28. The predicted molar refractivity (Wildman–Crippen MR) is 63.9 cm³/mol. The molecule has 2 aliphatic rings. The minimum absolute atomic E-state index is 0.435. The number of benzene rings is 1. The Balaban J connectivity index is 2.08. The molecule has 1 unspecified atom stereocenters. The largest absolute Gasteiger partial charge is 0.377 e. The van der Waals surface area contributed by atoms with E-state index in [2.05, 4.69) is 12.1 Å².